The van der Waals surface area contributed by atoms with Crippen LogP contribution in [0.5, 0.6) is 0 Å². The Balaban J connectivity index is 2.91. The molecule has 0 bridgehead atoms. The van der Waals surface area contributed by atoms with Crippen LogP contribution in [0.1, 0.15) is 6.42 Å². The molecule has 0 aromatic carbocycles. The van der Waals surface area contributed by atoms with Crippen molar-refractivity contribution in [2.45, 2.75) is 12.5 Å². The first kappa shape index (κ1) is 9.76. The minimum atomic E-state index is -1.31. The summed E-state index contributed by atoms with van der Waals surface area (Å²) in [5, 5.41) is 0. The van der Waals surface area contributed by atoms with Gasteiger partial charge < -0.3 is 4.90 Å². The second-order valence-electron chi connectivity index (χ2n) is 2.34. The second-order valence-corrected chi connectivity index (χ2v) is 7.53. The van der Waals surface area contributed by atoms with E-state index < -0.39 is 7.42 Å². The topological polar surface area (TPSA) is 3.24 Å². The molecule has 0 fully saturated rings. The predicted octanol–water partition coefficient (Wildman–Crippen LogP) is 1.64. The van der Waals surface area contributed by atoms with E-state index in [9.17, 15) is 0 Å². The maximum absolute atomic E-state index is 5.65. The molecule has 9 heavy (non-hydrogen) atoms. The molecule has 0 saturated heterocycles. The van der Waals surface area contributed by atoms with Crippen LogP contribution in [0.3, 0.4) is 0 Å². The lowest BCUT2D eigenvalue weighted by atomic mass is 10.5. The summed E-state index contributed by atoms with van der Waals surface area (Å²) >= 11 is 11.3. The Morgan fingerprint density at radius 3 is 2.22 bits per heavy atom. The first-order valence-electron chi connectivity index (χ1n) is 3.06. The lowest BCUT2D eigenvalue weighted by molar-refractivity contribution is 0.408. The Kier molecular flexibility index (Phi) is 6.00. The number of nitrogens with zero attached hydrogens (tertiary/aromatic N) is 1. The van der Waals surface area contributed by atoms with Crippen molar-refractivity contribution in [1.29, 1.82) is 0 Å². The fourth-order valence-electron chi connectivity index (χ4n) is 0.562. The number of hydrogen-bond donors (Lipinski definition) is 0. The zero-order chi connectivity index (χ0) is 7.28. The van der Waals surface area contributed by atoms with Gasteiger partial charge in [-0.25, -0.2) is 0 Å². The smallest absolute Gasteiger partial charge is 0.237 e. The molecule has 56 valence electrons. The highest BCUT2D eigenvalue weighted by Crippen LogP contribution is 2.05. The van der Waals surface area contributed by atoms with Gasteiger partial charge in [-0.1, -0.05) is 0 Å². The van der Waals surface area contributed by atoms with E-state index in [0.717, 1.165) is 19.0 Å². The quantitative estimate of drug-likeness (QED) is 0.476. The van der Waals surface area contributed by atoms with Crippen LogP contribution < -0.4 is 0 Å². The largest absolute Gasteiger partial charge is 0.309 e. The summed E-state index contributed by atoms with van der Waals surface area (Å²) in [6.07, 6.45) is 1.14. The monoisotopic (exact) mass is 185 g/mol. The van der Waals surface area contributed by atoms with Crippen molar-refractivity contribution in [1.82, 2.24) is 4.90 Å². The van der Waals surface area contributed by atoms with Crippen molar-refractivity contribution < 1.29 is 0 Å². The van der Waals surface area contributed by atoms with Crippen molar-refractivity contribution in [2.75, 3.05) is 20.6 Å². The molecule has 0 aliphatic carbocycles. The van der Waals surface area contributed by atoms with Gasteiger partial charge in [0.05, 0.1) is 0 Å². The molecule has 0 N–H and O–H groups in total. The molecule has 4 heteroatoms. The molecule has 1 nitrogen and oxygen atoms in total. The average Bonchev–Trinajstić information content (AvgIpc) is 1.63. The number of rotatable bonds is 4. The van der Waals surface area contributed by atoms with Crippen LogP contribution in [-0.2, 0) is 0 Å². The third-order valence-corrected chi connectivity index (χ3v) is 3.18. The van der Waals surface area contributed by atoms with E-state index in [4.69, 9.17) is 22.2 Å². The summed E-state index contributed by atoms with van der Waals surface area (Å²) in [4.78, 5) is 2.14. The van der Waals surface area contributed by atoms with Gasteiger partial charge in [-0.3, -0.25) is 0 Å². The highest BCUT2D eigenvalue weighted by atomic mass is 35.7. The molecular weight excluding hydrogens is 173 g/mol. The van der Waals surface area contributed by atoms with Gasteiger partial charge >= 0.3 is 0 Å². The van der Waals surface area contributed by atoms with Crippen LogP contribution in [0.4, 0.5) is 0 Å². The van der Waals surface area contributed by atoms with Crippen molar-refractivity contribution in [3.8, 4) is 0 Å². The van der Waals surface area contributed by atoms with E-state index in [1.807, 2.05) is 0 Å². The Morgan fingerprint density at radius 1 is 1.33 bits per heavy atom. The third-order valence-electron chi connectivity index (χ3n) is 1.03. The number of hydrogen-bond acceptors (Lipinski definition) is 1. The van der Waals surface area contributed by atoms with Crippen molar-refractivity contribution in [3.05, 3.63) is 0 Å². The van der Waals surface area contributed by atoms with Gasteiger partial charge in [0.1, 0.15) is 0 Å². The van der Waals surface area contributed by atoms with E-state index in [0.29, 0.717) is 0 Å². The summed E-state index contributed by atoms with van der Waals surface area (Å²) in [6, 6.07) is 1.03. The molecule has 0 aliphatic heterocycles. The van der Waals surface area contributed by atoms with E-state index in [2.05, 4.69) is 19.0 Å². The highest BCUT2D eigenvalue weighted by molar-refractivity contribution is 7.33. The molecule has 0 heterocycles. The van der Waals surface area contributed by atoms with Crippen molar-refractivity contribution in [2.24, 2.45) is 0 Å². The molecule has 0 atom stereocenters. The molecule has 0 radical (unpaired) electrons. The minimum Gasteiger partial charge on any atom is -0.309 e. The molecular formula is C5H13Cl2NSi. The van der Waals surface area contributed by atoms with Crippen LogP contribution >= 0.6 is 22.2 Å². The Bertz CT molecular complexity index is 60.0. The fourth-order valence-corrected chi connectivity index (χ4v) is 1.98. The summed E-state index contributed by atoms with van der Waals surface area (Å²) in [5.74, 6) is 0. The van der Waals surface area contributed by atoms with E-state index in [1.54, 1.807) is 0 Å². The van der Waals surface area contributed by atoms with Gasteiger partial charge in [-0.2, -0.15) is 22.2 Å². The van der Waals surface area contributed by atoms with E-state index in [-0.39, 0.29) is 0 Å². The SMILES string of the molecule is CN(C)CCC[SiH](Cl)Cl. The summed E-state index contributed by atoms with van der Waals surface area (Å²) in [5.41, 5.74) is 0. The maximum atomic E-state index is 5.65. The molecule has 0 amide bonds. The normalized spacial score (nSPS) is 11.3. The Labute approximate surface area is 68.0 Å². The first-order valence-corrected chi connectivity index (χ1v) is 7.36. The van der Waals surface area contributed by atoms with Gasteiger partial charge in [0.25, 0.3) is 0 Å². The summed E-state index contributed by atoms with van der Waals surface area (Å²) in [6.45, 7) is 1.10. The molecule has 0 aromatic heterocycles. The predicted molar refractivity (Wildman–Crippen MR) is 46.8 cm³/mol. The molecule has 0 rings (SSSR count). The Hall–Kier alpha value is 0.757. The first-order chi connectivity index (χ1) is 4.13. The highest BCUT2D eigenvalue weighted by Gasteiger charge is 2.00. The van der Waals surface area contributed by atoms with Gasteiger partial charge in [0, 0.05) is 0 Å². The lowest BCUT2D eigenvalue weighted by Gasteiger charge is -2.07. The Morgan fingerprint density at radius 2 is 1.89 bits per heavy atom. The third kappa shape index (κ3) is 8.76. The van der Waals surface area contributed by atoms with Gasteiger partial charge in [0.15, 0.2) is 0 Å². The standard InChI is InChI=1S/C5H13Cl2NSi/c1-8(2)4-3-5-9(6)7/h9H,3-5H2,1-2H3. The van der Waals surface area contributed by atoms with Gasteiger partial charge in [0.2, 0.25) is 7.42 Å². The van der Waals surface area contributed by atoms with Crippen LogP contribution in [0.25, 0.3) is 0 Å². The van der Waals surface area contributed by atoms with Crippen LogP contribution in [0.2, 0.25) is 6.04 Å². The summed E-state index contributed by atoms with van der Waals surface area (Å²) in [7, 11) is 2.80. The van der Waals surface area contributed by atoms with E-state index >= 15 is 0 Å². The average molecular weight is 186 g/mol. The number of halogens is 2. The molecule has 0 aliphatic rings. The van der Waals surface area contributed by atoms with E-state index in [1.165, 1.54) is 0 Å². The summed E-state index contributed by atoms with van der Waals surface area (Å²) < 4.78 is 0. The second kappa shape index (κ2) is 5.53. The van der Waals surface area contributed by atoms with Crippen LogP contribution in [-0.4, -0.2) is 33.0 Å². The van der Waals surface area contributed by atoms with Gasteiger partial charge in [-0.05, 0) is 33.1 Å². The maximum Gasteiger partial charge on any atom is 0.237 e. The fraction of sp³-hybridized carbons (Fsp3) is 1.00. The molecule has 0 aromatic rings. The lowest BCUT2D eigenvalue weighted by Crippen LogP contribution is -2.13. The molecule has 0 unspecified atom stereocenters. The van der Waals surface area contributed by atoms with Crippen molar-refractivity contribution in [3.63, 3.8) is 0 Å². The molecule has 0 saturated carbocycles. The molecule has 0 spiro atoms. The van der Waals surface area contributed by atoms with Gasteiger partial charge in [-0.15, -0.1) is 0 Å². The zero-order valence-corrected chi connectivity index (χ0v) is 8.57. The van der Waals surface area contributed by atoms with Crippen molar-refractivity contribution >= 4 is 29.6 Å². The minimum absolute atomic E-state index is 1.03. The van der Waals surface area contributed by atoms with Crippen LogP contribution in [0.15, 0.2) is 0 Å². The zero-order valence-electron chi connectivity index (χ0n) is 5.90. The van der Waals surface area contributed by atoms with Crippen LogP contribution in [0, 0.1) is 0 Å².